The Balaban J connectivity index is 1.15. The molecular formula is C31H25BrN2O7. The molecule has 2 aromatic heterocycles. The first-order chi connectivity index (χ1) is 19.9. The number of piperazine rings is 1. The monoisotopic (exact) mass is 616 g/mol. The normalized spacial score (nSPS) is 15.6. The van der Waals surface area contributed by atoms with E-state index in [1.54, 1.807) is 30.3 Å². The quantitative estimate of drug-likeness (QED) is 0.271. The molecule has 5 aromatic rings. The molecule has 0 amide bonds. The van der Waals surface area contributed by atoms with Gasteiger partial charge in [-0.1, -0.05) is 22.0 Å². The highest BCUT2D eigenvalue weighted by Gasteiger charge is 2.23. The third-order valence-electron chi connectivity index (χ3n) is 7.66. The topological polar surface area (TPSA) is 106 Å². The van der Waals surface area contributed by atoms with Crippen molar-refractivity contribution < 1.29 is 23.4 Å². The summed E-state index contributed by atoms with van der Waals surface area (Å²) in [6.07, 6.45) is 0. The Morgan fingerprint density at radius 2 is 1.56 bits per heavy atom. The van der Waals surface area contributed by atoms with Crippen LogP contribution >= 0.6 is 15.9 Å². The van der Waals surface area contributed by atoms with E-state index in [0.717, 1.165) is 54.3 Å². The van der Waals surface area contributed by atoms with Gasteiger partial charge in [-0.25, -0.2) is 9.59 Å². The molecule has 4 heterocycles. The lowest BCUT2D eigenvalue weighted by atomic mass is 9.99. The Hall–Kier alpha value is -4.12. The van der Waals surface area contributed by atoms with Crippen molar-refractivity contribution in [3.63, 3.8) is 0 Å². The number of aromatic hydroxyl groups is 1. The van der Waals surface area contributed by atoms with E-state index in [1.165, 1.54) is 6.07 Å². The standard InChI is InChI=1S/C31H25BrN2O7/c32-20-2-6-26-19(12-20)13-23(31(37)40-26)22-14-29(36)41-30-21(22)3-4-25(35)24(30)16-34-9-7-33(8-10-34)15-18-1-5-27-28(11-18)39-17-38-27/h1-6,11-14,35H,7-10,15-17H2. The lowest BCUT2D eigenvalue weighted by molar-refractivity contribution is 0.121. The summed E-state index contributed by atoms with van der Waals surface area (Å²) in [5.74, 6) is 1.59. The smallest absolute Gasteiger partial charge is 0.344 e. The van der Waals surface area contributed by atoms with E-state index in [0.29, 0.717) is 34.0 Å². The van der Waals surface area contributed by atoms with Gasteiger partial charge in [0.15, 0.2) is 11.5 Å². The number of benzene rings is 3. The summed E-state index contributed by atoms with van der Waals surface area (Å²) in [7, 11) is 0. The van der Waals surface area contributed by atoms with Gasteiger partial charge < -0.3 is 23.4 Å². The Morgan fingerprint density at radius 3 is 2.39 bits per heavy atom. The predicted molar refractivity (Wildman–Crippen MR) is 156 cm³/mol. The molecule has 0 aliphatic carbocycles. The van der Waals surface area contributed by atoms with Crippen molar-refractivity contribution in [3.8, 4) is 28.4 Å². The minimum atomic E-state index is -0.610. The Bertz CT molecular complexity index is 1920. The largest absolute Gasteiger partial charge is 0.507 e. The molecule has 7 rings (SSSR count). The van der Waals surface area contributed by atoms with Crippen molar-refractivity contribution in [2.75, 3.05) is 33.0 Å². The van der Waals surface area contributed by atoms with Crippen LogP contribution in [0, 0.1) is 0 Å². The van der Waals surface area contributed by atoms with Crippen LogP contribution in [-0.2, 0) is 13.1 Å². The lowest BCUT2D eigenvalue weighted by Gasteiger charge is -2.34. The van der Waals surface area contributed by atoms with Gasteiger partial charge in [0.1, 0.15) is 16.9 Å². The molecule has 0 saturated carbocycles. The second-order valence-corrected chi connectivity index (χ2v) is 11.2. The third-order valence-corrected chi connectivity index (χ3v) is 8.16. The van der Waals surface area contributed by atoms with Gasteiger partial charge in [0.2, 0.25) is 6.79 Å². The minimum absolute atomic E-state index is 0.0371. The zero-order chi connectivity index (χ0) is 28.1. The van der Waals surface area contributed by atoms with Gasteiger partial charge in [0, 0.05) is 66.1 Å². The fourth-order valence-electron chi connectivity index (χ4n) is 5.56. The third kappa shape index (κ3) is 4.99. The maximum atomic E-state index is 13.0. The summed E-state index contributed by atoms with van der Waals surface area (Å²) in [6.45, 7) is 4.67. The van der Waals surface area contributed by atoms with E-state index < -0.39 is 11.3 Å². The van der Waals surface area contributed by atoms with Crippen molar-refractivity contribution in [3.05, 3.63) is 97.1 Å². The van der Waals surface area contributed by atoms with E-state index >= 15 is 0 Å². The van der Waals surface area contributed by atoms with Gasteiger partial charge in [0.05, 0.1) is 11.1 Å². The van der Waals surface area contributed by atoms with Crippen LogP contribution in [0.15, 0.2) is 83.6 Å². The molecule has 208 valence electrons. The SMILES string of the molecule is O=c1cc(-c2cc3cc(Br)ccc3oc2=O)c2ccc(O)c(CN3CCN(Cc4ccc5c(c4)OCO5)CC3)c2o1. The van der Waals surface area contributed by atoms with Crippen LogP contribution in [0.1, 0.15) is 11.1 Å². The number of halogens is 1. The van der Waals surface area contributed by atoms with Crippen LogP contribution in [0.3, 0.4) is 0 Å². The van der Waals surface area contributed by atoms with Crippen molar-refractivity contribution in [2.45, 2.75) is 13.1 Å². The van der Waals surface area contributed by atoms with Crippen molar-refractivity contribution in [1.29, 1.82) is 0 Å². The zero-order valence-electron chi connectivity index (χ0n) is 21.9. The second-order valence-electron chi connectivity index (χ2n) is 10.3. The number of hydrogen-bond donors (Lipinski definition) is 1. The van der Waals surface area contributed by atoms with Gasteiger partial charge in [0.25, 0.3) is 0 Å². The van der Waals surface area contributed by atoms with Crippen LogP contribution in [-0.4, -0.2) is 47.9 Å². The highest BCUT2D eigenvalue weighted by molar-refractivity contribution is 9.10. The number of phenolic OH excluding ortho intramolecular Hbond substituents is 1. The number of nitrogens with zero attached hydrogens (tertiary/aromatic N) is 2. The molecule has 1 fully saturated rings. The molecule has 2 aliphatic heterocycles. The molecule has 0 radical (unpaired) electrons. The van der Waals surface area contributed by atoms with Gasteiger partial charge >= 0.3 is 11.3 Å². The zero-order valence-corrected chi connectivity index (χ0v) is 23.5. The molecule has 0 spiro atoms. The molecule has 1 saturated heterocycles. The van der Waals surface area contributed by atoms with Crippen LogP contribution in [0.25, 0.3) is 33.1 Å². The summed E-state index contributed by atoms with van der Waals surface area (Å²) in [4.78, 5) is 30.3. The van der Waals surface area contributed by atoms with E-state index in [9.17, 15) is 14.7 Å². The molecule has 41 heavy (non-hydrogen) atoms. The molecule has 0 unspecified atom stereocenters. The number of ether oxygens (including phenoxy) is 2. The first-order valence-electron chi connectivity index (χ1n) is 13.3. The second kappa shape index (κ2) is 10.4. The Labute approximate surface area is 242 Å². The molecule has 2 aliphatic rings. The first-order valence-corrected chi connectivity index (χ1v) is 14.1. The summed E-state index contributed by atoms with van der Waals surface area (Å²) < 4.78 is 23.0. The van der Waals surface area contributed by atoms with Gasteiger partial charge in [-0.15, -0.1) is 0 Å². The number of fused-ring (bicyclic) bond motifs is 3. The van der Waals surface area contributed by atoms with E-state index in [2.05, 4.69) is 31.8 Å². The molecular weight excluding hydrogens is 592 g/mol. The van der Waals surface area contributed by atoms with Crippen LogP contribution in [0.2, 0.25) is 0 Å². The van der Waals surface area contributed by atoms with Crippen molar-refractivity contribution >= 4 is 37.9 Å². The number of hydrogen-bond acceptors (Lipinski definition) is 9. The first kappa shape index (κ1) is 25.8. The summed E-state index contributed by atoms with van der Waals surface area (Å²) in [5.41, 5.74) is 1.88. The molecule has 3 aromatic carbocycles. The van der Waals surface area contributed by atoms with Crippen LogP contribution in [0.4, 0.5) is 0 Å². The molecule has 1 N–H and O–H groups in total. The maximum Gasteiger partial charge on any atom is 0.344 e. The lowest BCUT2D eigenvalue weighted by Crippen LogP contribution is -2.45. The molecule has 9 nitrogen and oxygen atoms in total. The summed E-state index contributed by atoms with van der Waals surface area (Å²) in [5, 5.41) is 12.1. The molecule has 0 atom stereocenters. The predicted octanol–water partition coefficient (Wildman–Crippen LogP) is 5.08. The summed E-state index contributed by atoms with van der Waals surface area (Å²) in [6, 6.07) is 17.6. The Morgan fingerprint density at radius 1 is 0.780 bits per heavy atom. The molecule has 10 heteroatoms. The summed E-state index contributed by atoms with van der Waals surface area (Å²) >= 11 is 3.45. The Kier molecular flexibility index (Phi) is 6.53. The fraction of sp³-hybridized carbons (Fsp3) is 0.226. The van der Waals surface area contributed by atoms with Gasteiger partial charge in [-0.3, -0.25) is 9.80 Å². The van der Waals surface area contributed by atoms with E-state index in [-0.39, 0.29) is 23.7 Å². The molecule has 0 bridgehead atoms. The maximum absolute atomic E-state index is 13.0. The van der Waals surface area contributed by atoms with Crippen LogP contribution < -0.4 is 20.7 Å². The van der Waals surface area contributed by atoms with E-state index in [4.69, 9.17) is 18.3 Å². The van der Waals surface area contributed by atoms with Crippen LogP contribution in [0.5, 0.6) is 17.2 Å². The van der Waals surface area contributed by atoms with Gasteiger partial charge in [-0.2, -0.15) is 0 Å². The highest BCUT2D eigenvalue weighted by atomic mass is 79.9. The number of phenols is 1. The minimum Gasteiger partial charge on any atom is -0.507 e. The van der Waals surface area contributed by atoms with Crippen molar-refractivity contribution in [1.82, 2.24) is 9.80 Å². The van der Waals surface area contributed by atoms with Gasteiger partial charge in [-0.05, 0) is 54.1 Å². The fourth-order valence-corrected chi connectivity index (χ4v) is 5.93. The average Bonchev–Trinajstić information content (AvgIpc) is 3.43. The van der Waals surface area contributed by atoms with Crippen molar-refractivity contribution in [2.24, 2.45) is 0 Å². The number of rotatable bonds is 5. The van der Waals surface area contributed by atoms with E-state index in [1.807, 2.05) is 18.2 Å². The highest BCUT2D eigenvalue weighted by Crippen LogP contribution is 2.35. The average molecular weight is 617 g/mol.